The van der Waals surface area contributed by atoms with Crippen molar-refractivity contribution in [2.75, 3.05) is 0 Å². The molecule has 0 heterocycles. The molecule has 0 N–H and O–H groups in total. The number of aryl methyl sites for hydroxylation is 1. The number of hydrogen-bond acceptors (Lipinski definition) is 4. The average molecular weight is 385 g/mol. The highest BCUT2D eigenvalue weighted by Gasteiger charge is 2.09. The standard InChI is InChI=1S/C25H23NO3/c1-2-3-4-19-7-13-23(14-8-19)28-18-21-5-11-22(12-6-21)25(27)29-24-15-9-20(17-26)10-16-24/h5-16H,2-4,18H2,1H3. The second kappa shape index (κ2) is 10.1. The topological polar surface area (TPSA) is 59.3 Å². The van der Waals surface area contributed by atoms with Gasteiger partial charge in [0.1, 0.15) is 18.1 Å². The SMILES string of the molecule is CCCCc1ccc(OCc2ccc(C(=O)Oc3ccc(C#N)cc3)cc2)cc1. The van der Waals surface area contributed by atoms with Gasteiger partial charge in [-0.25, -0.2) is 4.79 Å². The molecule has 0 saturated carbocycles. The molecule has 0 amide bonds. The van der Waals surface area contributed by atoms with Crippen molar-refractivity contribution in [3.8, 4) is 17.6 Å². The van der Waals surface area contributed by atoms with E-state index in [1.54, 1.807) is 36.4 Å². The van der Waals surface area contributed by atoms with E-state index >= 15 is 0 Å². The lowest BCUT2D eigenvalue weighted by molar-refractivity contribution is 0.0734. The number of carbonyl (C=O) groups excluding carboxylic acids is 1. The number of ether oxygens (including phenoxy) is 2. The average Bonchev–Trinajstić information content (AvgIpc) is 2.78. The molecule has 4 nitrogen and oxygen atoms in total. The molecule has 3 aromatic carbocycles. The van der Waals surface area contributed by atoms with E-state index in [0.29, 0.717) is 23.5 Å². The summed E-state index contributed by atoms with van der Waals surface area (Å²) in [7, 11) is 0. The number of nitriles is 1. The molecule has 0 spiro atoms. The summed E-state index contributed by atoms with van der Waals surface area (Å²) < 4.78 is 11.2. The molecule has 29 heavy (non-hydrogen) atoms. The second-order valence-electron chi connectivity index (χ2n) is 6.76. The van der Waals surface area contributed by atoms with Gasteiger partial charge < -0.3 is 9.47 Å². The summed E-state index contributed by atoms with van der Waals surface area (Å²) in [5, 5.41) is 8.81. The van der Waals surface area contributed by atoms with Crippen molar-refractivity contribution in [1.82, 2.24) is 0 Å². The number of nitrogens with zero attached hydrogens (tertiary/aromatic N) is 1. The van der Waals surface area contributed by atoms with Crippen LogP contribution in [0.5, 0.6) is 11.5 Å². The van der Waals surface area contributed by atoms with Crippen molar-refractivity contribution < 1.29 is 14.3 Å². The smallest absolute Gasteiger partial charge is 0.343 e. The van der Waals surface area contributed by atoms with Crippen molar-refractivity contribution in [3.05, 3.63) is 95.1 Å². The lowest BCUT2D eigenvalue weighted by Gasteiger charge is -2.08. The van der Waals surface area contributed by atoms with Crippen molar-refractivity contribution >= 4 is 5.97 Å². The molecule has 0 atom stereocenters. The van der Waals surface area contributed by atoms with E-state index in [1.807, 2.05) is 30.3 Å². The summed E-state index contributed by atoms with van der Waals surface area (Å²) in [5.41, 5.74) is 3.27. The Kier molecular flexibility index (Phi) is 7.02. The van der Waals surface area contributed by atoms with Gasteiger partial charge in [0.15, 0.2) is 0 Å². The van der Waals surface area contributed by atoms with Crippen LogP contribution in [0.15, 0.2) is 72.8 Å². The summed E-state index contributed by atoms with van der Waals surface area (Å²) in [5.74, 6) is 0.795. The lowest BCUT2D eigenvalue weighted by Crippen LogP contribution is -2.08. The van der Waals surface area contributed by atoms with Crippen molar-refractivity contribution in [2.24, 2.45) is 0 Å². The third kappa shape index (κ3) is 5.95. The van der Waals surface area contributed by atoms with Crippen LogP contribution in [0.1, 0.15) is 46.8 Å². The van der Waals surface area contributed by atoms with Gasteiger partial charge in [-0.2, -0.15) is 5.26 Å². The Balaban J connectivity index is 1.52. The monoisotopic (exact) mass is 385 g/mol. The van der Waals surface area contributed by atoms with Crippen LogP contribution in [0.2, 0.25) is 0 Å². The Morgan fingerprint density at radius 1 is 0.862 bits per heavy atom. The van der Waals surface area contributed by atoms with Gasteiger partial charge in [0.2, 0.25) is 0 Å². The van der Waals surface area contributed by atoms with Crippen molar-refractivity contribution in [1.29, 1.82) is 5.26 Å². The number of hydrogen-bond donors (Lipinski definition) is 0. The predicted molar refractivity (Wildman–Crippen MR) is 112 cm³/mol. The number of benzene rings is 3. The minimum Gasteiger partial charge on any atom is -0.489 e. The fourth-order valence-electron chi connectivity index (χ4n) is 2.80. The van der Waals surface area contributed by atoms with Crippen LogP contribution in [-0.2, 0) is 13.0 Å². The maximum Gasteiger partial charge on any atom is 0.343 e. The summed E-state index contributed by atoms with van der Waals surface area (Å²) in [6, 6.07) is 23.8. The molecule has 0 saturated heterocycles. The zero-order valence-electron chi connectivity index (χ0n) is 16.4. The molecular formula is C25H23NO3. The first-order chi connectivity index (χ1) is 14.2. The lowest BCUT2D eigenvalue weighted by atomic mass is 10.1. The summed E-state index contributed by atoms with van der Waals surface area (Å²) >= 11 is 0. The Labute approximate surface area is 171 Å². The van der Waals surface area contributed by atoms with E-state index < -0.39 is 5.97 Å². The highest BCUT2D eigenvalue weighted by atomic mass is 16.5. The maximum absolute atomic E-state index is 12.2. The van der Waals surface area contributed by atoms with E-state index in [9.17, 15) is 4.79 Å². The summed E-state index contributed by atoms with van der Waals surface area (Å²) in [4.78, 5) is 12.2. The molecule has 3 rings (SSSR count). The van der Waals surface area contributed by atoms with Gasteiger partial charge in [0.25, 0.3) is 0 Å². The van der Waals surface area contributed by atoms with Crippen LogP contribution in [0.25, 0.3) is 0 Å². The first kappa shape index (κ1) is 20.2. The highest BCUT2D eigenvalue weighted by Crippen LogP contribution is 2.17. The molecule has 0 aliphatic carbocycles. The molecule has 0 aliphatic rings. The molecule has 0 aliphatic heterocycles. The maximum atomic E-state index is 12.2. The quantitative estimate of drug-likeness (QED) is 0.369. The van der Waals surface area contributed by atoms with E-state index in [2.05, 4.69) is 19.1 Å². The van der Waals surface area contributed by atoms with Crippen LogP contribution in [0, 0.1) is 11.3 Å². The van der Waals surface area contributed by atoms with Crippen LogP contribution in [0.4, 0.5) is 0 Å². The second-order valence-corrected chi connectivity index (χ2v) is 6.76. The summed E-state index contributed by atoms with van der Waals surface area (Å²) in [6.45, 7) is 2.62. The highest BCUT2D eigenvalue weighted by molar-refractivity contribution is 5.91. The number of carbonyl (C=O) groups is 1. The molecule has 3 aromatic rings. The van der Waals surface area contributed by atoms with Crippen molar-refractivity contribution in [2.45, 2.75) is 32.8 Å². The van der Waals surface area contributed by atoms with Gasteiger partial charge in [-0.15, -0.1) is 0 Å². The van der Waals surface area contributed by atoms with Gasteiger partial charge >= 0.3 is 5.97 Å². The molecular weight excluding hydrogens is 362 g/mol. The molecule has 146 valence electrons. The minimum absolute atomic E-state index is 0.406. The van der Waals surface area contributed by atoms with E-state index in [-0.39, 0.29) is 0 Å². The Hall–Kier alpha value is -3.58. The van der Waals surface area contributed by atoms with Gasteiger partial charge in [0, 0.05) is 0 Å². The van der Waals surface area contributed by atoms with Gasteiger partial charge in [-0.3, -0.25) is 0 Å². The molecule has 0 bridgehead atoms. The fraction of sp³-hybridized carbons (Fsp3) is 0.200. The normalized spacial score (nSPS) is 10.2. The fourth-order valence-corrected chi connectivity index (χ4v) is 2.80. The number of esters is 1. The van der Waals surface area contributed by atoms with Crippen LogP contribution in [-0.4, -0.2) is 5.97 Å². The molecule has 0 aromatic heterocycles. The minimum atomic E-state index is -0.440. The molecule has 4 heteroatoms. The molecule has 0 radical (unpaired) electrons. The van der Waals surface area contributed by atoms with Crippen LogP contribution in [0.3, 0.4) is 0 Å². The van der Waals surface area contributed by atoms with Gasteiger partial charge in [-0.05, 0) is 72.5 Å². The first-order valence-electron chi connectivity index (χ1n) is 9.71. The number of rotatable bonds is 8. The van der Waals surface area contributed by atoms with E-state index in [0.717, 1.165) is 17.7 Å². The number of unbranched alkanes of at least 4 members (excludes halogenated alkanes) is 1. The Bertz CT molecular complexity index is 969. The zero-order chi connectivity index (χ0) is 20.5. The van der Waals surface area contributed by atoms with E-state index in [1.165, 1.54) is 18.4 Å². The molecule has 0 unspecified atom stereocenters. The van der Waals surface area contributed by atoms with Crippen LogP contribution >= 0.6 is 0 Å². The van der Waals surface area contributed by atoms with Crippen LogP contribution < -0.4 is 9.47 Å². The first-order valence-corrected chi connectivity index (χ1v) is 9.71. The largest absolute Gasteiger partial charge is 0.489 e. The zero-order valence-corrected chi connectivity index (χ0v) is 16.4. The predicted octanol–water partition coefficient (Wildman–Crippen LogP) is 5.70. The Morgan fingerprint density at radius 3 is 2.10 bits per heavy atom. The summed E-state index contributed by atoms with van der Waals surface area (Å²) in [6.07, 6.45) is 3.48. The Morgan fingerprint density at radius 2 is 1.48 bits per heavy atom. The third-order valence-electron chi connectivity index (χ3n) is 4.53. The van der Waals surface area contributed by atoms with E-state index in [4.69, 9.17) is 14.7 Å². The molecule has 0 fully saturated rings. The van der Waals surface area contributed by atoms with Gasteiger partial charge in [-0.1, -0.05) is 37.6 Å². The van der Waals surface area contributed by atoms with Gasteiger partial charge in [0.05, 0.1) is 17.2 Å². The van der Waals surface area contributed by atoms with Crippen molar-refractivity contribution in [3.63, 3.8) is 0 Å². The third-order valence-corrected chi connectivity index (χ3v) is 4.53.